The van der Waals surface area contributed by atoms with Crippen LogP contribution in [-0.2, 0) is 20.7 Å². The molecule has 0 amide bonds. The number of methoxy groups -OCH3 is 1. The molecule has 0 N–H and O–H groups in total. The summed E-state index contributed by atoms with van der Waals surface area (Å²) < 4.78 is 10.7. The van der Waals surface area contributed by atoms with Gasteiger partial charge in [-0.25, -0.2) is 4.79 Å². The highest BCUT2D eigenvalue weighted by Crippen LogP contribution is 2.49. The van der Waals surface area contributed by atoms with Gasteiger partial charge in [-0.15, -0.1) is 0 Å². The number of hydrogen-bond donors (Lipinski definition) is 0. The van der Waals surface area contributed by atoms with Gasteiger partial charge in [-0.1, -0.05) is 18.9 Å². The second-order valence-corrected chi connectivity index (χ2v) is 8.38. The molecule has 0 spiro atoms. The van der Waals surface area contributed by atoms with Gasteiger partial charge in [0.2, 0.25) is 0 Å². The minimum Gasteiger partial charge on any atom is -0.465 e. The molecule has 0 aliphatic heterocycles. The van der Waals surface area contributed by atoms with Crippen molar-refractivity contribution >= 4 is 17.7 Å². The predicted octanol–water partition coefficient (Wildman–Crippen LogP) is 4.91. The lowest BCUT2D eigenvalue weighted by Gasteiger charge is -2.30. The molecule has 3 aliphatic rings. The molecule has 27 heavy (non-hydrogen) atoms. The number of benzene rings is 1. The molecular formula is C23H28O4. The third-order valence-corrected chi connectivity index (χ3v) is 6.58. The van der Waals surface area contributed by atoms with E-state index in [2.05, 4.69) is 0 Å². The van der Waals surface area contributed by atoms with Gasteiger partial charge in [-0.3, -0.25) is 4.79 Å². The van der Waals surface area contributed by atoms with Gasteiger partial charge in [-0.2, -0.15) is 0 Å². The average molecular weight is 368 g/mol. The molecule has 1 aromatic carbocycles. The molecule has 2 bridgehead atoms. The summed E-state index contributed by atoms with van der Waals surface area (Å²) in [4.78, 5) is 23.8. The second kappa shape index (κ2) is 7.49. The molecule has 0 heterocycles. The van der Waals surface area contributed by atoms with E-state index in [1.165, 1.54) is 51.7 Å². The van der Waals surface area contributed by atoms with Crippen molar-refractivity contribution in [1.82, 2.24) is 0 Å². The summed E-state index contributed by atoms with van der Waals surface area (Å²) in [5.74, 6) is 2.36. The third kappa shape index (κ3) is 3.67. The maximum absolute atomic E-state index is 11.9. The number of fused-ring (bicyclic) bond motifs is 3. The van der Waals surface area contributed by atoms with Crippen molar-refractivity contribution in [2.75, 3.05) is 7.11 Å². The van der Waals surface area contributed by atoms with Crippen LogP contribution in [0.2, 0.25) is 0 Å². The fourth-order valence-electron chi connectivity index (χ4n) is 5.47. The molecule has 4 heteroatoms. The van der Waals surface area contributed by atoms with Crippen LogP contribution in [0.4, 0.5) is 0 Å². The van der Waals surface area contributed by atoms with Gasteiger partial charge < -0.3 is 9.47 Å². The molecule has 2 fully saturated rings. The van der Waals surface area contributed by atoms with Crippen molar-refractivity contribution in [3.05, 3.63) is 40.5 Å². The average Bonchev–Trinajstić information content (AvgIpc) is 2.90. The number of hydrogen-bond acceptors (Lipinski definition) is 4. The second-order valence-electron chi connectivity index (χ2n) is 8.38. The summed E-state index contributed by atoms with van der Waals surface area (Å²) in [6.45, 7) is 1.47. The highest BCUT2D eigenvalue weighted by Gasteiger charge is 2.37. The Morgan fingerprint density at radius 2 is 1.78 bits per heavy atom. The summed E-state index contributed by atoms with van der Waals surface area (Å²) >= 11 is 0. The third-order valence-electron chi connectivity index (χ3n) is 6.58. The Hall–Kier alpha value is -2.10. The first kappa shape index (κ1) is 18.3. The molecule has 1 aromatic rings. The van der Waals surface area contributed by atoms with E-state index < -0.39 is 0 Å². The Labute approximate surface area is 160 Å². The van der Waals surface area contributed by atoms with Gasteiger partial charge in [-0.05, 0) is 79.5 Å². The van der Waals surface area contributed by atoms with Crippen molar-refractivity contribution in [2.45, 2.75) is 58.3 Å². The number of carbonyl (C=O) groups is 2. The van der Waals surface area contributed by atoms with Crippen LogP contribution in [0.1, 0.15) is 73.4 Å². The summed E-state index contributed by atoms with van der Waals surface area (Å²) in [5.41, 5.74) is 3.93. The van der Waals surface area contributed by atoms with Crippen molar-refractivity contribution in [2.24, 2.45) is 17.8 Å². The van der Waals surface area contributed by atoms with Gasteiger partial charge in [0.05, 0.1) is 12.7 Å². The predicted molar refractivity (Wildman–Crippen MR) is 103 cm³/mol. The normalized spacial score (nSPS) is 27.0. The van der Waals surface area contributed by atoms with E-state index in [0.717, 1.165) is 48.0 Å². The minimum absolute atomic E-state index is 0.272. The van der Waals surface area contributed by atoms with Crippen LogP contribution >= 0.6 is 0 Å². The Bertz CT molecular complexity index is 780. The van der Waals surface area contributed by atoms with E-state index in [-0.39, 0.29) is 11.9 Å². The molecule has 4 nitrogen and oxygen atoms in total. The number of rotatable bonds is 3. The summed E-state index contributed by atoms with van der Waals surface area (Å²) in [6, 6.07) is 5.61. The van der Waals surface area contributed by atoms with E-state index in [1.807, 2.05) is 12.1 Å². The van der Waals surface area contributed by atoms with Crippen molar-refractivity contribution in [1.29, 1.82) is 0 Å². The standard InChI is InChI=1S/C23H28O4/c1-14(24)27-22-20(19-11-15-6-7-16(10-15)12-19)5-3-4-17-13-18(23(25)26-2)8-9-21(17)22/h8-9,13,15-16,19H,3-7,10-12H2,1-2H3. The highest BCUT2D eigenvalue weighted by atomic mass is 16.5. The van der Waals surface area contributed by atoms with Gasteiger partial charge in [0.15, 0.2) is 0 Å². The number of ether oxygens (including phenoxy) is 2. The van der Waals surface area contributed by atoms with E-state index in [4.69, 9.17) is 9.47 Å². The molecule has 2 atom stereocenters. The smallest absolute Gasteiger partial charge is 0.337 e. The Kier molecular flexibility index (Phi) is 5.07. The van der Waals surface area contributed by atoms with Crippen LogP contribution in [0.5, 0.6) is 0 Å². The van der Waals surface area contributed by atoms with Crippen LogP contribution in [0.25, 0.3) is 5.76 Å². The molecule has 144 valence electrons. The largest absolute Gasteiger partial charge is 0.465 e. The van der Waals surface area contributed by atoms with E-state index >= 15 is 0 Å². The zero-order valence-corrected chi connectivity index (χ0v) is 16.3. The lowest BCUT2D eigenvalue weighted by Crippen LogP contribution is -2.19. The van der Waals surface area contributed by atoms with E-state index in [1.54, 1.807) is 6.07 Å². The fraction of sp³-hybridized carbons (Fsp3) is 0.565. The van der Waals surface area contributed by atoms with Crippen molar-refractivity contribution in [3.8, 4) is 0 Å². The minimum atomic E-state index is -0.329. The van der Waals surface area contributed by atoms with Crippen LogP contribution in [-0.4, -0.2) is 19.0 Å². The molecule has 0 saturated heterocycles. The molecule has 0 radical (unpaired) electrons. The maximum Gasteiger partial charge on any atom is 0.337 e. The summed E-state index contributed by atoms with van der Waals surface area (Å²) in [7, 11) is 1.40. The van der Waals surface area contributed by atoms with Crippen molar-refractivity contribution < 1.29 is 19.1 Å². The number of aryl methyl sites for hydroxylation is 1. The quantitative estimate of drug-likeness (QED) is 0.711. The zero-order valence-electron chi connectivity index (χ0n) is 16.3. The SMILES string of the molecule is COC(=O)c1ccc2c(c1)CCCC(C1CC3CCC(C3)C1)=C2OC(C)=O. The zero-order chi connectivity index (χ0) is 19.0. The topological polar surface area (TPSA) is 52.6 Å². The lowest BCUT2D eigenvalue weighted by molar-refractivity contribution is -0.134. The lowest BCUT2D eigenvalue weighted by atomic mass is 9.75. The molecule has 2 saturated carbocycles. The van der Waals surface area contributed by atoms with Crippen LogP contribution in [0.15, 0.2) is 23.8 Å². The van der Waals surface area contributed by atoms with Gasteiger partial charge >= 0.3 is 11.9 Å². The fourth-order valence-corrected chi connectivity index (χ4v) is 5.47. The van der Waals surface area contributed by atoms with E-state index in [9.17, 15) is 9.59 Å². The Morgan fingerprint density at radius 3 is 2.44 bits per heavy atom. The first-order valence-corrected chi connectivity index (χ1v) is 10.2. The first-order chi connectivity index (χ1) is 13.0. The maximum atomic E-state index is 11.9. The number of carbonyl (C=O) groups excluding carboxylic acids is 2. The first-order valence-electron chi connectivity index (χ1n) is 10.2. The molecule has 4 rings (SSSR count). The van der Waals surface area contributed by atoms with Crippen LogP contribution in [0.3, 0.4) is 0 Å². The Morgan fingerprint density at radius 1 is 1.04 bits per heavy atom. The molecule has 0 aromatic heterocycles. The van der Waals surface area contributed by atoms with Crippen LogP contribution < -0.4 is 0 Å². The monoisotopic (exact) mass is 368 g/mol. The molecular weight excluding hydrogens is 340 g/mol. The molecule has 2 unspecified atom stereocenters. The van der Waals surface area contributed by atoms with Crippen LogP contribution in [0, 0.1) is 17.8 Å². The van der Waals surface area contributed by atoms with Gasteiger partial charge in [0.25, 0.3) is 0 Å². The summed E-state index contributed by atoms with van der Waals surface area (Å²) in [6.07, 6.45) is 9.42. The van der Waals surface area contributed by atoms with Gasteiger partial charge in [0.1, 0.15) is 5.76 Å². The summed E-state index contributed by atoms with van der Waals surface area (Å²) in [5, 5.41) is 0. The van der Waals surface area contributed by atoms with E-state index in [0.29, 0.717) is 11.5 Å². The Balaban J connectivity index is 1.75. The number of esters is 2. The molecule has 3 aliphatic carbocycles. The highest BCUT2D eigenvalue weighted by molar-refractivity contribution is 5.90. The van der Waals surface area contributed by atoms with Gasteiger partial charge in [0, 0.05) is 12.5 Å². The number of allylic oxidation sites excluding steroid dienone is 1. The van der Waals surface area contributed by atoms with Crippen molar-refractivity contribution in [3.63, 3.8) is 0 Å².